The van der Waals surface area contributed by atoms with E-state index in [1.165, 1.54) is 0 Å². The number of carboxylic acids is 1. The highest BCUT2D eigenvalue weighted by molar-refractivity contribution is 5.74. The fourth-order valence-electron chi connectivity index (χ4n) is 3.18. The average Bonchev–Trinajstić information content (AvgIpc) is 2.28. The SMILES string of the molecule is COC(C)CC1(C(=O)O)CCC(C(C)(C)C)CC1. The van der Waals surface area contributed by atoms with Gasteiger partial charge in [-0.15, -0.1) is 0 Å². The van der Waals surface area contributed by atoms with Crippen molar-refractivity contribution in [2.24, 2.45) is 16.7 Å². The van der Waals surface area contributed by atoms with Gasteiger partial charge in [0.1, 0.15) is 0 Å². The van der Waals surface area contributed by atoms with Gasteiger partial charge >= 0.3 is 5.97 Å². The number of ether oxygens (including phenoxy) is 1. The van der Waals surface area contributed by atoms with E-state index in [0.29, 0.717) is 12.3 Å². The fraction of sp³-hybridized carbons (Fsp3) is 0.933. The highest BCUT2D eigenvalue weighted by atomic mass is 16.5. The van der Waals surface area contributed by atoms with Gasteiger partial charge in [0.05, 0.1) is 11.5 Å². The molecule has 1 fully saturated rings. The maximum atomic E-state index is 11.6. The minimum Gasteiger partial charge on any atom is -0.481 e. The molecule has 0 radical (unpaired) electrons. The quantitative estimate of drug-likeness (QED) is 0.834. The largest absolute Gasteiger partial charge is 0.481 e. The van der Waals surface area contributed by atoms with Gasteiger partial charge in [-0.1, -0.05) is 20.8 Å². The first-order valence-electron chi connectivity index (χ1n) is 6.97. The zero-order chi connectivity index (χ0) is 14.0. The van der Waals surface area contributed by atoms with Crippen molar-refractivity contribution in [3.8, 4) is 0 Å². The molecule has 1 N–H and O–H groups in total. The van der Waals surface area contributed by atoms with Gasteiger partial charge in [0.2, 0.25) is 0 Å². The molecular weight excluding hydrogens is 228 g/mol. The van der Waals surface area contributed by atoms with Crippen LogP contribution >= 0.6 is 0 Å². The lowest BCUT2D eigenvalue weighted by Crippen LogP contribution is -2.40. The number of hydrogen-bond acceptors (Lipinski definition) is 2. The van der Waals surface area contributed by atoms with Gasteiger partial charge in [0.15, 0.2) is 0 Å². The Balaban J connectivity index is 2.72. The number of aliphatic carboxylic acids is 1. The Morgan fingerprint density at radius 1 is 1.39 bits per heavy atom. The molecule has 0 aromatic carbocycles. The summed E-state index contributed by atoms with van der Waals surface area (Å²) in [6, 6.07) is 0. The Hall–Kier alpha value is -0.570. The molecule has 106 valence electrons. The molecule has 18 heavy (non-hydrogen) atoms. The Morgan fingerprint density at radius 2 is 1.89 bits per heavy atom. The number of hydrogen-bond donors (Lipinski definition) is 1. The molecule has 1 unspecified atom stereocenters. The first-order valence-corrected chi connectivity index (χ1v) is 6.97. The molecule has 0 bridgehead atoms. The van der Waals surface area contributed by atoms with Crippen LogP contribution in [0.15, 0.2) is 0 Å². The van der Waals surface area contributed by atoms with Gasteiger partial charge in [0, 0.05) is 7.11 Å². The summed E-state index contributed by atoms with van der Waals surface area (Å²) in [6.07, 6.45) is 4.27. The van der Waals surface area contributed by atoms with E-state index in [2.05, 4.69) is 20.8 Å². The summed E-state index contributed by atoms with van der Waals surface area (Å²) >= 11 is 0. The van der Waals surface area contributed by atoms with E-state index in [0.717, 1.165) is 25.7 Å². The Bertz CT molecular complexity index is 283. The van der Waals surface area contributed by atoms with Crippen molar-refractivity contribution in [3.63, 3.8) is 0 Å². The molecule has 1 rings (SSSR count). The van der Waals surface area contributed by atoms with Crippen LogP contribution < -0.4 is 0 Å². The van der Waals surface area contributed by atoms with Crippen LogP contribution in [0.1, 0.15) is 59.8 Å². The van der Waals surface area contributed by atoms with Crippen LogP contribution in [0.3, 0.4) is 0 Å². The number of carbonyl (C=O) groups is 1. The molecule has 3 heteroatoms. The number of methoxy groups -OCH3 is 1. The lowest BCUT2D eigenvalue weighted by molar-refractivity contribution is -0.155. The number of rotatable bonds is 4. The molecule has 0 aromatic rings. The van der Waals surface area contributed by atoms with E-state index in [9.17, 15) is 9.90 Å². The van der Waals surface area contributed by atoms with E-state index in [1.807, 2.05) is 6.92 Å². The molecule has 1 aliphatic carbocycles. The fourth-order valence-corrected chi connectivity index (χ4v) is 3.18. The maximum absolute atomic E-state index is 11.6. The average molecular weight is 256 g/mol. The van der Waals surface area contributed by atoms with Gasteiger partial charge in [-0.05, 0) is 50.4 Å². The van der Waals surface area contributed by atoms with Crippen molar-refractivity contribution in [1.82, 2.24) is 0 Å². The summed E-state index contributed by atoms with van der Waals surface area (Å²) in [7, 11) is 1.65. The molecule has 1 saturated carbocycles. The third kappa shape index (κ3) is 3.47. The second kappa shape index (κ2) is 5.60. The van der Waals surface area contributed by atoms with Crippen LogP contribution in [0.4, 0.5) is 0 Å². The summed E-state index contributed by atoms with van der Waals surface area (Å²) in [5.41, 5.74) is -0.269. The molecule has 0 aliphatic heterocycles. The summed E-state index contributed by atoms with van der Waals surface area (Å²) in [5, 5.41) is 9.57. The van der Waals surface area contributed by atoms with Gasteiger partial charge < -0.3 is 9.84 Å². The van der Waals surface area contributed by atoms with Crippen LogP contribution in [-0.4, -0.2) is 24.3 Å². The third-order valence-electron chi connectivity index (χ3n) is 4.70. The molecule has 0 saturated heterocycles. The minimum atomic E-state index is -0.640. The smallest absolute Gasteiger partial charge is 0.309 e. The van der Waals surface area contributed by atoms with Gasteiger partial charge in [-0.2, -0.15) is 0 Å². The molecule has 0 aromatic heterocycles. The second-order valence-corrected chi connectivity index (χ2v) is 6.98. The topological polar surface area (TPSA) is 46.5 Å². The van der Waals surface area contributed by atoms with Crippen molar-refractivity contribution < 1.29 is 14.6 Å². The molecule has 0 spiro atoms. The van der Waals surface area contributed by atoms with Crippen molar-refractivity contribution in [2.45, 2.75) is 65.9 Å². The van der Waals surface area contributed by atoms with E-state index < -0.39 is 11.4 Å². The predicted molar refractivity (Wildman–Crippen MR) is 72.6 cm³/mol. The first kappa shape index (κ1) is 15.5. The predicted octanol–water partition coefficient (Wildman–Crippen LogP) is 3.72. The van der Waals surface area contributed by atoms with E-state index in [-0.39, 0.29) is 11.5 Å². The normalized spacial score (nSPS) is 31.1. The Morgan fingerprint density at radius 3 is 2.22 bits per heavy atom. The number of carboxylic acid groups (broad SMARTS) is 1. The van der Waals surface area contributed by atoms with Crippen molar-refractivity contribution >= 4 is 5.97 Å². The highest BCUT2D eigenvalue weighted by Crippen LogP contribution is 2.47. The standard InChI is InChI=1S/C15H28O3/c1-11(18-5)10-15(13(16)17)8-6-12(7-9-15)14(2,3)4/h11-12H,6-10H2,1-5H3,(H,16,17). The van der Waals surface area contributed by atoms with E-state index >= 15 is 0 Å². The van der Waals surface area contributed by atoms with Gasteiger partial charge in [0.25, 0.3) is 0 Å². The van der Waals surface area contributed by atoms with Crippen LogP contribution in [0.25, 0.3) is 0 Å². The van der Waals surface area contributed by atoms with Crippen molar-refractivity contribution in [2.75, 3.05) is 7.11 Å². The summed E-state index contributed by atoms with van der Waals surface area (Å²) in [4.78, 5) is 11.6. The van der Waals surface area contributed by atoms with Crippen LogP contribution in [0, 0.1) is 16.7 Å². The molecule has 1 atom stereocenters. The van der Waals surface area contributed by atoms with E-state index in [1.54, 1.807) is 7.11 Å². The van der Waals surface area contributed by atoms with Crippen molar-refractivity contribution in [1.29, 1.82) is 0 Å². The summed E-state index contributed by atoms with van der Waals surface area (Å²) in [5.74, 6) is 0.00147. The monoisotopic (exact) mass is 256 g/mol. The minimum absolute atomic E-state index is 0.0206. The molecule has 3 nitrogen and oxygen atoms in total. The summed E-state index contributed by atoms with van der Waals surface area (Å²) < 4.78 is 5.26. The molecule has 0 heterocycles. The van der Waals surface area contributed by atoms with Gasteiger partial charge in [-0.25, -0.2) is 0 Å². The first-order chi connectivity index (χ1) is 8.21. The molecule has 0 amide bonds. The second-order valence-electron chi connectivity index (χ2n) is 6.98. The zero-order valence-corrected chi connectivity index (χ0v) is 12.5. The van der Waals surface area contributed by atoms with Crippen LogP contribution in [-0.2, 0) is 9.53 Å². The van der Waals surface area contributed by atoms with Crippen LogP contribution in [0.5, 0.6) is 0 Å². The third-order valence-corrected chi connectivity index (χ3v) is 4.70. The Kier molecular flexibility index (Phi) is 4.82. The summed E-state index contributed by atoms with van der Waals surface area (Å²) in [6.45, 7) is 8.72. The lowest BCUT2D eigenvalue weighted by atomic mass is 9.62. The van der Waals surface area contributed by atoms with Gasteiger partial charge in [-0.3, -0.25) is 4.79 Å². The highest BCUT2D eigenvalue weighted by Gasteiger charge is 2.44. The molecule has 1 aliphatic rings. The van der Waals surface area contributed by atoms with Crippen molar-refractivity contribution in [3.05, 3.63) is 0 Å². The van der Waals surface area contributed by atoms with Crippen LogP contribution in [0.2, 0.25) is 0 Å². The zero-order valence-electron chi connectivity index (χ0n) is 12.5. The van der Waals surface area contributed by atoms with E-state index in [4.69, 9.17) is 4.74 Å². The maximum Gasteiger partial charge on any atom is 0.309 e. The Labute approximate surface area is 111 Å². The molecular formula is C15H28O3. The lowest BCUT2D eigenvalue weighted by Gasteiger charge is -2.42.